The Morgan fingerprint density at radius 2 is 2.06 bits per heavy atom. The lowest BCUT2D eigenvalue weighted by Gasteiger charge is -2.04. The highest BCUT2D eigenvalue weighted by molar-refractivity contribution is 5.76. The van der Waals surface area contributed by atoms with Crippen LogP contribution < -0.4 is 10.5 Å². The zero-order valence-corrected chi connectivity index (χ0v) is 8.68. The first-order valence-electron chi connectivity index (χ1n) is 4.80. The fraction of sp³-hybridized carbons (Fsp3) is 0.300. The summed E-state index contributed by atoms with van der Waals surface area (Å²) in [6.07, 6.45) is 1.15. The van der Waals surface area contributed by atoms with Crippen molar-refractivity contribution < 1.29 is 9.66 Å². The molecule has 0 radical (unpaired) electrons. The Bertz CT molecular complexity index is 375. The van der Waals surface area contributed by atoms with Gasteiger partial charge in [0, 0.05) is 18.6 Å². The van der Waals surface area contributed by atoms with Crippen LogP contribution >= 0.6 is 0 Å². The molecule has 0 unspecified atom stereocenters. The normalized spacial score (nSPS) is 9.75. The number of hydrogen-bond acceptors (Lipinski definition) is 4. The summed E-state index contributed by atoms with van der Waals surface area (Å²) in [5.74, 6) is 0.710. The van der Waals surface area contributed by atoms with E-state index in [4.69, 9.17) is 15.9 Å². The maximum absolute atomic E-state index is 10.4. The van der Waals surface area contributed by atoms with Gasteiger partial charge in [-0.2, -0.15) is 0 Å². The van der Waals surface area contributed by atoms with Gasteiger partial charge in [0.1, 0.15) is 5.75 Å². The highest BCUT2D eigenvalue weighted by Gasteiger charge is 2.03. The fourth-order valence-electron chi connectivity index (χ4n) is 1.12. The van der Waals surface area contributed by atoms with Gasteiger partial charge in [0.05, 0.1) is 17.4 Å². The molecule has 0 heterocycles. The van der Waals surface area contributed by atoms with Crippen molar-refractivity contribution >= 4 is 11.5 Å². The standard InChI is InChI=1S/C10H13N3O3/c11-10(12)2-1-7-16-9-5-3-8(4-6-9)13(14)15/h3-6H,1-2,7H2,(H3,11,12). The molecule has 0 atom stereocenters. The molecule has 0 aliphatic carbocycles. The van der Waals surface area contributed by atoms with Crippen LogP contribution in [-0.2, 0) is 0 Å². The molecule has 0 aliphatic rings. The molecule has 0 amide bonds. The van der Waals surface area contributed by atoms with Crippen LogP contribution in [-0.4, -0.2) is 17.4 Å². The van der Waals surface area contributed by atoms with Crippen LogP contribution in [0.2, 0.25) is 0 Å². The van der Waals surface area contributed by atoms with Gasteiger partial charge in [-0.05, 0) is 18.6 Å². The third kappa shape index (κ3) is 3.95. The van der Waals surface area contributed by atoms with Crippen molar-refractivity contribution in [2.45, 2.75) is 12.8 Å². The molecule has 1 rings (SSSR count). The molecular weight excluding hydrogens is 210 g/mol. The van der Waals surface area contributed by atoms with Crippen LogP contribution in [0.1, 0.15) is 12.8 Å². The second-order valence-electron chi connectivity index (χ2n) is 3.23. The smallest absolute Gasteiger partial charge is 0.269 e. The van der Waals surface area contributed by atoms with E-state index >= 15 is 0 Å². The van der Waals surface area contributed by atoms with Crippen LogP contribution in [0.15, 0.2) is 24.3 Å². The van der Waals surface area contributed by atoms with Crippen LogP contribution in [0.3, 0.4) is 0 Å². The van der Waals surface area contributed by atoms with E-state index in [1.54, 1.807) is 12.1 Å². The summed E-state index contributed by atoms with van der Waals surface area (Å²) in [5.41, 5.74) is 5.22. The molecule has 1 aromatic rings. The van der Waals surface area contributed by atoms with Crippen molar-refractivity contribution in [3.05, 3.63) is 34.4 Å². The van der Waals surface area contributed by atoms with Gasteiger partial charge in [-0.1, -0.05) is 0 Å². The number of ether oxygens (including phenoxy) is 1. The molecule has 0 saturated carbocycles. The summed E-state index contributed by atoms with van der Waals surface area (Å²) in [7, 11) is 0. The van der Waals surface area contributed by atoms with E-state index in [1.165, 1.54) is 12.1 Å². The molecule has 1 aromatic carbocycles. The number of nitro benzene ring substituents is 1. The molecule has 0 fully saturated rings. The first-order chi connectivity index (χ1) is 7.59. The number of nitrogens with two attached hydrogens (primary N) is 1. The van der Waals surface area contributed by atoms with Crippen LogP contribution in [0.4, 0.5) is 5.69 Å². The highest BCUT2D eigenvalue weighted by Crippen LogP contribution is 2.17. The van der Waals surface area contributed by atoms with Crippen molar-refractivity contribution in [1.82, 2.24) is 0 Å². The predicted octanol–water partition coefficient (Wildman–Crippen LogP) is 1.69. The number of nitro groups is 1. The molecule has 0 aliphatic heterocycles. The van der Waals surface area contributed by atoms with Crippen molar-refractivity contribution in [2.24, 2.45) is 5.73 Å². The molecule has 0 spiro atoms. The molecule has 6 nitrogen and oxygen atoms in total. The zero-order chi connectivity index (χ0) is 12.0. The van der Waals surface area contributed by atoms with E-state index in [0.717, 1.165) is 0 Å². The lowest BCUT2D eigenvalue weighted by Crippen LogP contribution is -2.10. The quantitative estimate of drug-likeness (QED) is 0.252. The van der Waals surface area contributed by atoms with E-state index in [2.05, 4.69) is 0 Å². The number of hydrogen-bond donors (Lipinski definition) is 2. The largest absolute Gasteiger partial charge is 0.494 e. The minimum absolute atomic E-state index is 0.0380. The minimum Gasteiger partial charge on any atom is -0.494 e. The van der Waals surface area contributed by atoms with E-state index < -0.39 is 4.92 Å². The van der Waals surface area contributed by atoms with Gasteiger partial charge in [0.25, 0.3) is 5.69 Å². The summed E-state index contributed by atoms with van der Waals surface area (Å²) in [4.78, 5) is 9.92. The van der Waals surface area contributed by atoms with Gasteiger partial charge in [-0.25, -0.2) is 0 Å². The zero-order valence-electron chi connectivity index (χ0n) is 8.68. The number of rotatable bonds is 6. The molecule has 3 N–H and O–H groups in total. The summed E-state index contributed by atoms with van der Waals surface area (Å²) >= 11 is 0. The molecule has 0 aromatic heterocycles. The number of nitrogens with zero attached hydrogens (tertiary/aromatic N) is 1. The van der Waals surface area contributed by atoms with Crippen LogP contribution in [0.25, 0.3) is 0 Å². The summed E-state index contributed by atoms with van der Waals surface area (Å²) < 4.78 is 5.32. The van der Waals surface area contributed by atoms with Crippen molar-refractivity contribution in [1.29, 1.82) is 5.41 Å². The monoisotopic (exact) mass is 223 g/mol. The third-order valence-corrected chi connectivity index (χ3v) is 1.91. The molecule has 0 saturated heterocycles. The van der Waals surface area contributed by atoms with Gasteiger partial charge in [-0.3, -0.25) is 15.5 Å². The highest BCUT2D eigenvalue weighted by atomic mass is 16.6. The van der Waals surface area contributed by atoms with Crippen molar-refractivity contribution in [2.75, 3.05) is 6.61 Å². The summed E-state index contributed by atoms with van der Waals surface area (Å²) in [5, 5.41) is 17.4. The first kappa shape index (κ1) is 12.0. The number of non-ortho nitro benzene ring substituents is 1. The average molecular weight is 223 g/mol. The lowest BCUT2D eigenvalue weighted by atomic mass is 10.3. The molecular formula is C10H13N3O3. The second-order valence-corrected chi connectivity index (χ2v) is 3.23. The third-order valence-electron chi connectivity index (χ3n) is 1.91. The Balaban J connectivity index is 2.38. The maximum atomic E-state index is 10.4. The maximum Gasteiger partial charge on any atom is 0.269 e. The van der Waals surface area contributed by atoms with E-state index in [9.17, 15) is 10.1 Å². The molecule has 16 heavy (non-hydrogen) atoms. The number of nitrogens with one attached hydrogen (secondary N) is 1. The summed E-state index contributed by atoms with van der Waals surface area (Å²) in [6, 6.07) is 5.87. The molecule has 6 heteroatoms. The molecule has 86 valence electrons. The Morgan fingerprint density at radius 3 is 2.56 bits per heavy atom. The predicted molar refractivity (Wildman–Crippen MR) is 59.7 cm³/mol. The Kier molecular flexibility index (Phi) is 4.26. The number of amidine groups is 1. The van der Waals surface area contributed by atoms with E-state index in [-0.39, 0.29) is 11.5 Å². The first-order valence-corrected chi connectivity index (χ1v) is 4.80. The number of benzene rings is 1. The Hall–Kier alpha value is -2.11. The van der Waals surface area contributed by atoms with Crippen LogP contribution in [0.5, 0.6) is 5.75 Å². The molecule has 0 bridgehead atoms. The van der Waals surface area contributed by atoms with Crippen molar-refractivity contribution in [3.8, 4) is 5.75 Å². The van der Waals surface area contributed by atoms with Gasteiger partial charge >= 0.3 is 0 Å². The topological polar surface area (TPSA) is 102 Å². The fourth-order valence-corrected chi connectivity index (χ4v) is 1.12. The summed E-state index contributed by atoms with van der Waals surface area (Å²) in [6.45, 7) is 0.442. The van der Waals surface area contributed by atoms with Crippen molar-refractivity contribution in [3.63, 3.8) is 0 Å². The van der Waals surface area contributed by atoms with Gasteiger partial charge in [-0.15, -0.1) is 0 Å². The van der Waals surface area contributed by atoms with Gasteiger partial charge in [0.2, 0.25) is 0 Å². The lowest BCUT2D eigenvalue weighted by molar-refractivity contribution is -0.384. The minimum atomic E-state index is -0.459. The van der Waals surface area contributed by atoms with Crippen LogP contribution in [0, 0.1) is 15.5 Å². The average Bonchev–Trinajstić information content (AvgIpc) is 2.25. The van der Waals surface area contributed by atoms with E-state index in [1.807, 2.05) is 0 Å². The van der Waals surface area contributed by atoms with Gasteiger partial charge < -0.3 is 10.5 Å². The van der Waals surface area contributed by atoms with E-state index in [0.29, 0.717) is 25.2 Å². The Labute approximate surface area is 92.7 Å². The van der Waals surface area contributed by atoms with Gasteiger partial charge in [0.15, 0.2) is 0 Å². The Morgan fingerprint density at radius 1 is 1.44 bits per heavy atom. The SMILES string of the molecule is N=C(N)CCCOc1ccc([N+](=O)[O-])cc1. The second kappa shape index (κ2) is 5.69.